The van der Waals surface area contributed by atoms with Crippen molar-refractivity contribution in [1.29, 1.82) is 0 Å². The van der Waals surface area contributed by atoms with Gasteiger partial charge in [-0.3, -0.25) is 9.59 Å². The molecule has 0 aromatic heterocycles. The first-order chi connectivity index (χ1) is 9.27. The molecule has 0 aromatic carbocycles. The minimum atomic E-state index is -0.547. The summed E-state index contributed by atoms with van der Waals surface area (Å²) >= 11 is 0. The fraction of sp³-hybridized carbons (Fsp3) is 0.867. The van der Waals surface area contributed by atoms with E-state index in [-0.39, 0.29) is 24.5 Å². The van der Waals surface area contributed by atoms with Gasteiger partial charge in [-0.15, -0.1) is 0 Å². The number of aliphatic hydroxyl groups is 1. The Kier molecular flexibility index (Phi) is 5.99. The van der Waals surface area contributed by atoms with E-state index < -0.39 is 11.5 Å². The zero-order chi connectivity index (χ0) is 15.3. The Hall–Kier alpha value is -1.10. The Morgan fingerprint density at radius 1 is 1.30 bits per heavy atom. The quantitative estimate of drug-likeness (QED) is 0.799. The second kappa shape index (κ2) is 7.07. The van der Waals surface area contributed by atoms with Crippen molar-refractivity contribution in [3.63, 3.8) is 0 Å². The fourth-order valence-corrected chi connectivity index (χ4v) is 2.52. The largest absolute Gasteiger partial charge is 0.395 e. The van der Waals surface area contributed by atoms with Crippen LogP contribution < -0.4 is 5.32 Å². The molecule has 1 fully saturated rings. The van der Waals surface area contributed by atoms with Crippen LogP contribution in [0.3, 0.4) is 0 Å². The summed E-state index contributed by atoms with van der Waals surface area (Å²) < 4.78 is 0. The van der Waals surface area contributed by atoms with Gasteiger partial charge in [0.1, 0.15) is 6.04 Å². The third-order valence-corrected chi connectivity index (χ3v) is 3.79. The van der Waals surface area contributed by atoms with Crippen LogP contribution in [0.25, 0.3) is 0 Å². The van der Waals surface area contributed by atoms with Gasteiger partial charge in [0, 0.05) is 18.0 Å². The van der Waals surface area contributed by atoms with Crippen molar-refractivity contribution in [3.05, 3.63) is 0 Å². The average molecular weight is 284 g/mol. The number of hydrogen-bond donors (Lipinski definition) is 2. The molecule has 1 aliphatic carbocycles. The molecule has 0 saturated heterocycles. The molecule has 0 spiro atoms. The van der Waals surface area contributed by atoms with Crippen molar-refractivity contribution in [2.24, 2.45) is 5.41 Å². The molecule has 2 amide bonds. The van der Waals surface area contributed by atoms with Crippen LogP contribution in [0.4, 0.5) is 0 Å². The van der Waals surface area contributed by atoms with Gasteiger partial charge in [-0.2, -0.15) is 0 Å². The third-order valence-electron chi connectivity index (χ3n) is 3.79. The monoisotopic (exact) mass is 284 g/mol. The van der Waals surface area contributed by atoms with Crippen molar-refractivity contribution < 1.29 is 14.7 Å². The number of nitrogens with one attached hydrogen (secondary N) is 1. The highest BCUT2D eigenvalue weighted by atomic mass is 16.3. The Balaban J connectivity index is 2.66. The van der Waals surface area contributed by atoms with Crippen LogP contribution in [-0.2, 0) is 9.59 Å². The second-order valence-corrected chi connectivity index (χ2v) is 6.64. The van der Waals surface area contributed by atoms with E-state index in [0.29, 0.717) is 6.54 Å². The van der Waals surface area contributed by atoms with Gasteiger partial charge in [-0.05, 0) is 19.8 Å². The molecule has 0 aliphatic heterocycles. The molecule has 0 radical (unpaired) electrons. The molecule has 5 heteroatoms. The van der Waals surface area contributed by atoms with Crippen LogP contribution in [-0.4, -0.2) is 47.1 Å². The molecule has 1 saturated carbocycles. The molecule has 0 bridgehead atoms. The Bertz CT molecular complexity index is 344. The first kappa shape index (κ1) is 17.0. The summed E-state index contributed by atoms with van der Waals surface area (Å²) in [6, 6.07) is -0.336. The van der Waals surface area contributed by atoms with E-state index in [0.717, 1.165) is 25.7 Å². The minimum absolute atomic E-state index is 0.0395. The zero-order valence-electron chi connectivity index (χ0n) is 13.1. The Morgan fingerprint density at radius 3 is 2.30 bits per heavy atom. The van der Waals surface area contributed by atoms with Gasteiger partial charge in [0.25, 0.3) is 0 Å². The topological polar surface area (TPSA) is 69.6 Å². The average Bonchev–Trinajstić information content (AvgIpc) is 2.87. The van der Waals surface area contributed by atoms with E-state index in [4.69, 9.17) is 5.11 Å². The number of carbonyl (C=O) groups excluding carboxylic acids is 2. The van der Waals surface area contributed by atoms with Crippen LogP contribution in [0.1, 0.15) is 53.4 Å². The van der Waals surface area contributed by atoms with Crippen LogP contribution in [0.15, 0.2) is 0 Å². The summed E-state index contributed by atoms with van der Waals surface area (Å²) in [5.41, 5.74) is -0.510. The van der Waals surface area contributed by atoms with Gasteiger partial charge in [0.15, 0.2) is 0 Å². The molecule has 2 N–H and O–H groups in total. The summed E-state index contributed by atoms with van der Waals surface area (Å²) in [5, 5.41) is 11.9. The molecular weight excluding hydrogens is 256 g/mol. The van der Waals surface area contributed by atoms with Crippen LogP contribution >= 0.6 is 0 Å². The summed E-state index contributed by atoms with van der Waals surface area (Å²) in [4.78, 5) is 26.2. The van der Waals surface area contributed by atoms with E-state index in [1.54, 1.807) is 11.8 Å². The molecule has 20 heavy (non-hydrogen) atoms. The van der Waals surface area contributed by atoms with Gasteiger partial charge < -0.3 is 15.3 Å². The molecule has 5 nitrogen and oxygen atoms in total. The van der Waals surface area contributed by atoms with E-state index in [9.17, 15) is 9.59 Å². The fourth-order valence-electron chi connectivity index (χ4n) is 2.52. The lowest BCUT2D eigenvalue weighted by atomic mass is 9.95. The van der Waals surface area contributed by atoms with Gasteiger partial charge >= 0.3 is 0 Å². The number of carbonyl (C=O) groups is 2. The van der Waals surface area contributed by atoms with E-state index in [2.05, 4.69) is 5.32 Å². The van der Waals surface area contributed by atoms with E-state index >= 15 is 0 Å². The molecule has 116 valence electrons. The van der Waals surface area contributed by atoms with Crippen LogP contribution in [0.2, 0.25) is 0 Å². The lowest BCUT2D eigenvalue weighted by Gasteiger charge is -2.32. The molecule has 1 unspecified atom stereocenters. The normalized spacial score (nSPS) is 17.9. The smallest absolute Gasteiger partial charge is 0.245 e. The summed E-state index contributed by atoms with van der Waals surface area (Å²) in [5.74, 6) is -0.225. The maximum Gasteiger partial charge on any atom is 0.245 e. The summed E-state index contributed by atoms with van der Waals surface area (Å²) in [6.07, 6.45) is 4.24. The lowest BCUT2D eigenvalue weighted by molar-refractivity contribution is -0.140. The summed E-state index contributed by atoms with van der Waals surface area (Å²) in [6.45, 7) is 7.48. The number of rotatable bonds is 5. The zero-order valence-corrected chi connectivity index (χ0v) is 13.1. The van der Waals surface area contributed by atoms with Crippen molar-refractivity contribution in [2.45, 2.75) is 65.5 Å². The van der Waals surface area contributed by atoms with Crippen molar-refractivity contribution >= 4 is 11.8 Å². The number of hydrogen-bond acceptors (Lipinski definition) is 3. The maximum atomic E-state index is 12.5. The highest BCUT2D eigenvalue weighted by molar-refractivity contribution is 5.89. The predicted octanol–water partition coefficient (Wildman–Crippen LogP) is 1.30. The Labute approximate surface area is 121 Å². The van der Waals surface area contributed by atoms with Crippen molar-refractivity contribution in [3.8, 4) is 0 Å². The minimum Gasteiger partial charge on any atom is -0.395 e. The number of nitrogens with zero attached hydrogens (tertiary/aromatic N) is 1. The molecule has 1 rings (SSSR count). The molecule has 1 atom stereocenters. The third kappa shape index (κ3) is 4.47. The maximum absolute atomic E-state index is 12.5. The van der Waals surface area contributed by atoms with Crippen LogP contribution in [0, 0.1) is 5.41 Å². The SMILES string of the molecule is CC(NC(=O)C(C)(C)C)C(=O)N(CCO)C1CCCC1. The first-order valence-corrected chi connectivity index (χ1v) is 7.49. The molecule has 0 aromatic rings. The Morgan fingerprint density at radius 2 is 1.85 bits per heavy atom. The highest BCUT2D eigenvalue weighted by Gasteiger charge is 2.31. The van der Waals surface area contributed by atoms with Gasteiger partial charge in [0.2, 0.25) is 11.8 Å². The highest BCUT2D eigenvalue weighted by Crippen LogP contribution is 2.24. The van der Waals surface area contributed by atoms with Gasteiger partial charge in [-0.1, -0.05) is 33.6 Å². The number of aliphatic hydroxyl groups excluding tert-OH is 1. The first-order valence-electron chi connectivity index (χ1n) is 7.49. The van der Waals surface area contributed by atoms with Gasteiger partial charge in [-0.25, -0.2) is 0 Å². The molecule has 0 heterocycles. The van der Waals surface area contributed by atoms with E-state index in [1.807, 2.05) is 20.8 Å². The number of amides is 2. The second-order valence-electron chi connectivity index (χ2n) is 6.64. The molecular formula is C15H28N2O3. The lowest BCUT2D eigenvalue weighted by Crippen LogP contribution is -2.52. The standard InChI is InChI=1S/C15H28N2O3/c1-11(16-14(20)15(2,3)4)13(19)17(9-10-18)12-7-5-6-8-12/h11-12,18H,5-10H2,1-4H3,(H,16,20). The molecule has 1 aliphatic rings. The van der Waals surface area contributed by atoms with Crippen LogP contribution in [0.5, 0.6) is 0 Å². The van der Waals surface area contributed by atoms with Crippen molar-refractivity contribution in [1.82, 2.24) is 10.2 Å². The van der Waals surface area contributed by atoms with Gasteiger partial charge in [0.05, 0.1) is 6.61 Å². The summed E-state index contributed by atoms with van der Waals surface area (Å²) in [7, 11) is 0. The van der Waals surface area contributed by atoms with Crippen molar-refractivity contribution in [2.75, 3.05) is 13.2 Å². The predicted molar refractivity (Wildman–Crippen MR) is 78.1 cm³/mol. The van der Waals surface area contributed by atoms with E-state index in [1.165, 1.54) is 0 Å².